The monoisotopic (exact) mass is 251 g/mol. The third kappa shape index (κ3) is 1.54. The zero-order valence-electron chi connectivity index (χ0n) is 11.1. The van der Waals surface area contributed by atoms with Crippen molar-refractivity contribution in [3.05, 3.63) is 0 Å². The Bertz CT molecular complexity index is 402. The molecule has 4 unspecified atom stereocenters. The fourth-order valence-corrected chi connectivity index (χ4v) is 4.14. The Morgan fingerprint density at radius 3 is 2.61 bits per heavy atom. The number of fused-ring (bicyclic) bond motifs is 2. The van der Waals surface area contributed by atoms with Crippen LogP contribution in [-0.2, 0) is 9.47 Å². The van der Waals surface area contributed by atoms with Gasteiger partial charge in [0.25, 0.3) is 0 Å². The summed E-state index contributed by atoms with van der Waals surface area (Å²) < 4.78 is 11.5. The fraction of sp³-hybridized carbons (Fsp3) is 0.929. The predicted molar refractivity (Wildman–Crippen MR) is 64.8 cm³/mol. The van der Waals surface area contributed by atoms with Crippen LogP contribution in [0.15, 0.2) is 0 Å². The summed E-state index contributed by atoms with van der Waals surface area (Å²) in [5.41, 5.74) is -2.06. The van der Waals surface area contributed by atoms with Crippen molar-refractivity contribution < 1.29 is 14.6 Å². The lowest BCUT2D eigenvalue weighted by Crippen LogP contribution is -2.59. The smallest absolute Gasteiger partial charge is 0.115 e. The Hall–Kier alpha value is -0.630. The SMILES string of the molecule is CC1(C)CC(O)(C2(C#N)CC3CCC2O3)CCO1. The summed E-state index contributed by atoms with van der Waals surface area (Å²) in [7, 11) is 0. The molecule has 1 N–H and O–H groups in total. The van der Waals surface area contributed by atoms with E-state index in [1.807, 2.05) is 13.8 Å². The molecule has 100 valence electrons. The van der Waals surface area contributed by atoms with Crippen molar-refractivity contribution in [3.8, 4) is 6.07 Å². The molecule has 0 aromatic rings. The van der Waals surface area contributed by atoms with Gasteiger partial charge in [-0.05, 0) is 33.1 Å². The first kappa shape index (κ1) is 12.4. The molecule has 0 amide bonds. The zero-order valence-corrected chi connectivity index (χ0v) is 11.1. The van der Waals surface area contributed by atoms with Crippen molar-refractivity contribution in [1.82, 2.24) is 0 Å². The van der Waals surface area contributed by atoms with E-state index >= 15 is 0 Å². The minimum atomic E-state index is -0.969. The van der Waals surface area contributed by atoms with Crippen molar-refractivity contribution in [2.45, 2.75) is 69.4 Å². The lowest BCUT2D eigenvalue weighted by Gasteiger charge is -2.50. The third-order valence-electron chi connectivity index (χ3n) is 4.96. The summed E-state index contributed by atoms with van der Waals surface area (Å²) in [4.78, 5) is 0. The third-order valence-corrected chi connectivity index (χ3v) is 4.96. The lowest BCUT2D eigenvalue weighted by atomic mass is 9.59. The number of nitriles is 1. The standard InChI is InChI=1S/C14H21NO3/c1-12(2)8-14(16,5-6-17-12)13(9-15)7-10-3-4-11(13)18-10/h10-11,16H,3-8H2,1-2H3. The van der Waals surface area contributed by atoms with Gasteiger partial charge in [0, 0.05) is 12.8 Å². The van der Waals surface area contributed by atoms with E-state index in [4.69, 9.17) is 9.47 Å². The Balaban J connectivity index is 1.94. The Morgan fingerprint density at radius 1 is 1.33 bits per heavy atom. The number of nitrogens with zero attached hydrogens (tertiary/aromatic N) is 1. The lowest BCUT2D eigenvalue weighted by molar-refractivity contribution is -0.191. The number of hydrogen-bond acceptors (Lipinski definition) is 4. The second kappa shape index (κ2) is 3.69. The molecule has 3 saturated heterocycles. The second-order valence-corrected chi connectivity index (χ2v) is 6.68. The molecule has 4 heteroatoms. The molecule has 0 spiro atoms. The first-order valence-electron chi connectivity index (χ1n) is 6.84. The first-order chi connectivity index (χ1) is 8.41. The minimum absolute atomic E-state index is 0.0913. The molecule has 0 aliphatic carbocycles. The molecule has 18 heavy (non-hydrogen) atoms. The molecule has 4 atom stereocenters. The molecule has 3 rings (SSSR count). The summed E-state index contributed by atoms with van der Waals surface area (Å²) >= 11 is 0. The first-order valence-corrected chi connectivity index (χ1v) is 6.84. The van der Waals surface area contributed by atoms with E-state index in [9.17, 15) is 10.4 Å². The predicted octanol–water partition coefficient (Wildman–Crippen LogP) is 1.77. The van der Waals surface area contributed by atoms with Crippen LogP contribution in [0.1, 0.15) is 46.0 Å². The molecule has 0 saturated carbocycles. The van der Waals surface area contributed by atoms with Crippen LogP contribution in [0.3, 0.4) is 0 Å². The number of rotatable bonds is 1. The topological polar surface area (TPSA) is 62.5 Å². The van der Waals surface area contributed by atoms with Gasteiger partial charge in [-0.3, -0.25) is 0 Å². The molecule has 3 heterocycles. The zero-order chi connectivity index (χ0) is 13.0. The van der Waals surface area contributed by atoms with Crippen molar-refractivity contribution in [2.75, 3.05) is 6.61 Å². The summed E-state index contributed by atoms with van der Waals surface area (Å²) in [5.74, 6) is 0. The molecule has 0 aromatic carbocycles. The molecular formula is C14H21NO3. The van der Waals surface area contributed by atoms with Gasteiger partial charge in [0.1, 0.15) is 5.41 Å². The van der Waals surface area contributed by atoms with Crippen LogP contribution in [0.5, 0.6) is 0 Å². The number of ether oxygens (including phenoxy) is 2. The van der Waals surface area contributed by atoms with Crippen molar-refractivity contribution in [1.29, 1.82) is 5.26 Å². The van der Waals surface area contributed by atoms with Crippen molar-refractivity contribution in [2.24, 2.45) is 5.41 Å². The van der Waals surface area contributed by atoms with Crippen LogP contribution in [0.2, 0.25) is 0 Å². The molecular weight excluding hydrogens is 230 g/mol. The van der Waals surface area contributed by atoms with E-state index in [0.717, 1.165) is 12.8 Å². The van der Waals surface area contributed by atoms with Crippen LogP contribution < -0.4 is 0 Å². The van der Waals surface area contributed by atoms with Gasteiger partial charge in [-0.25, -0.2) is 0 Å². The van der Waals surface area contributed by atoms with Crippen molar-refractivity contribution >= 4 is 0 Å². The largest absolute Gasteiger partial charge is 0.388 e. The summed E-state index contributed by atoms with van der Waals surface area (Å²) in [6, 6.07) is 2.43. The maximum Gasteiger partial charge on any atom is 0.115 e. The molecule has 3 aliphatic heterocycles. The second-order valence-electron chi connectivity index (χ2n) is 6.68. The Kier molecular flexibility index (Phi) is 2.54. The average molecular weight is 251 g/mol. The molecule has 4 nitrogen and oxygen atoms in total. The van der Waals surface area contributed by atoms with E-state index in [1.54, 1.807) is 0 Å². The molecule has 3 fully saturated rings. The summed E-state index contributed by atoms with van der Waals surface area (Å²) in [5, 5.41) is 20.8. The average Bonchev–Trinajstić information content (AvgIpc) is 2.87. The van der Waals surface area contributed by atoms with Gasteiger partial charge < -0.3 is 14.6 Å². The highest BCUT2D eigenvalue weighted by atomic mass is 16.5. The number of hydrogen-bond donors (Lipinski definition) is 1. The van der Waals surface area contributed by atoms with E-state index < -0.39 is 11.0 Å². The van der Waals surface area contributed by atoms with Gasteiger partial charge >= 0.3 is 0 Å². The van der Waals surface area contributed by atoms with Gasteiger partial charge in [-0.1, -0.05) is 0 Å². The van der Waals surface area contributed by atoms with Gasteiger partial charge in [0.05, 0.1) is 36.1 Å². The molecule has 3 aliphatic rings. The van der Waals surface area contributed by atoms with Crippen LogP contribution in [0.25, 0.3) is 0 Å². The minimum Gasteiger partial charge on any atom is -0.388 e. The highest BCUT2D eigenvalue weighted by Crippen LogP contribution is 2.57. The fourth-order valence-electron chi connectivity index (χ4n) is 4.14. The maximum absolute atomic E-state index is 11.1. The summed E-state index contributed by atoms with van der Waals surface area (Å²) in [6.07, 6.45) is 3.75. The highest BCUT2D eigenvalue weighted by Gasteiger charge is 2.65. The summed E-state index contributed by atoms with van der Waals surface area (Å²) in [6.45, 7) is 4.48. The van der Waals surface area contributed by atoms with Gasteiger partial charge in [0.15, 0.2) is 0 Å². The molecule has 0 aromatic heterocycles. The van der Waals surface area contributed by atoms with Crippen LogP contribution in [0, 0.1) is 16.7 Å². The van der Waals surface area contributed by atoms with Crippen LogP contribution >= 0.6 is 0 Å². The van der Waals surface area contributed by atoms with Crippen LogP contribution in [0.4, 0.5) is 0 Å². The molecule has 2 bridgehead atoms. The maximum atomic E-state index is 11.1. The quantitative estimate of drug-likeness (QED) is 0.771. The Labute approximate surface area is 108 Å². The van der Waals surface area contributed by atoms with Gasteiger partial charge in [-0.15, -0.1) is 0 Å². The highest BCUT2D eigenvalue weighted by molar-refractivity contribution is 5.22. The van der Waals surface area contributed by atoms with E-state index in [-0.39, 0.29) is 17.8 Å². The number of aliphatic hydroxyl groups is 1. The van der Waals surface area contributed by atoms with Gasteiger partial charge in [0.2, 0.25) is 0 Å². The van der Waals surface area contributed by atoms with Crippen LogP contribution in [-0.4, -0.2) is 35.1 Å². The molecule has 0 radical (unpaired) electrons. The van der Waals surface area contributed by atoms with Crippen molar-refractivity contribution in [3.63, 3.8) is 0 Å². The van der Waals surface area contributed by atoms with E-state index in [0.29, 0.717) is 25.9 Å². The van der Waals surface area contributed by atoms with E-state index in [1.165, 1.54) is 0 Å². The normalized spacial score (nSPS) is 50.1. The Morgan fingerprint density at radius 2 is 2.11 bits per heavy atom. The van der Waals surface area contributed by atoms with E-state index in [2.05, 4.69) is 6.07 Å². The van der Waals surface area contributed by atoms with Gasteiger partial charge in [-0.2, -0.15) is 5.26 Å².